The highest BCUT2D eigenvalue weighted by molar-refractivity contribution is 5.51. The molecule has 3 nitrogen and oxygen atoms in total. The van der Waals surface area contributed by atoms with Gasteiger partial charge < -0.3 is 15.2 Å². The zero-order chi connectivity index (χ0) is 14.4. The molecule has 0 bridgehead atoms. The van der Waals surface area contributed by atoms with Crippen LogP contribution in [0.25, 0.3) is 0 Å². The van der Waals surface area contributed by atoms with Gasteiger partial charge in [-0.2, -0.15) is 0 Å². The summed E-state index contributed by atoms with van der Waals surface area (Å²) < 4.78 is 10.9. The van der Waals surface area contributed by atoms with Crippen LogP contribution in [0.15, 0.2) is 42.5 Å². The Morgan fingerprint density at radius 1 is 1.05 bits per heavy atom. The van der Waals surface area contributed by atoms with E-state index in [0.29, 0.717) is 18.6 Å². The summed E-state index contributed by atoms with van der Waals surface area (Å²) in [6.45, 7) is 2.42. The van der Waals surface area contributed by atoms with Gasteiger partial charge in [0.15, 0.2) is 11.5 Å². The zero-order valence-corrected chi connectivity index (χ0v) is 12.1. The summed E-state index contributed by atoms with van der Waals surface area (Å²) in [6.07, 6.45) is 1.07. The first kappa shape index (κ1) is 12.7. The van der Waals surface area contributed by atoms with Gasteiger partial charge in [0.05, 0.1) is 0 Å². The minimum atomic E-state index is 0.171. The van der Waals surface area contributed by atoms with Crippen molar-refractivity contribution >= 4 is 0 Å². The normalized spacial score (nSPS) is 23.9. The molecule has 2 aromatic rings. The topological polar surface area (TPSA) is 44.5 Å². The monoisotopic (exact) mass is 281 g/mol. The third-order valence-corrected chi connectivity index (χ3v) is 4.69. The first-order valence-electron chi connectivity index (χ1n) is 7.48. The average molecular weight is 281 g/mol. The predicted octanol–water partition coefficient (Wildman–Crippen LogP) is 3.38. The summed E-state index contributed by atoms with van der Waals surface area (Å²) >= 11 is 0. The van der Waals surface area contributed by atoms with E-state index in [1.165, 1.54) is 16.7 Å². The molecule has 0 saturated heterocycles. The summed E-state index contributed by atoms with van der Waals surface area (Å²) in [6, 6.07) is 15.1. The lowest BCUT2D eigenvalue weighted by molar-refractivity contribution is 0.174. The van der Waals surface area contributed by atoms with E-state index >= 15 is 0 Å². The fourth-order valence-corrected chi connectivity index (χ4v) is 3.62. The van der Waals surface area contributed by atoms with Crippen LogP contribution in [0.1, 0.15) is 41.9 Å². The Balaban J connectivity index is 1.76. The standard InChI is InChI=1S/C18H19NO2/c1-11(19)15-9-16(14-5-3-2-4-13(14)15)12-6-7-17-18(8-12)21-10-20-17/h2-8,11,15-16H,9-10,19H2,1H3. The smallest absolute Gasteiger partial charge is 0.231 e. The Morgan fingerprint density at radius 3 is 2.62 bits per heavy atom. The lowest BCUT2D eigenvalue weighted by atomic mass is 9.91. The van der Waals surface area contributed by atoms with Crippen LogP contribution in [0, 0.1) is 0 Å². The molecule has 108 valence electrons. The van der Waals surface area contributed by atoms with E-state index in [-0.39, 0.29) is 6.04 Å². The molecular weight excluding hydrogens is 262 g/mol. The third-order valence-electron chi connectivity index (χ3n) is 4.69. The molecule has 0 spiro atoms. The van der Waals surface area contributed by atoms with Crippen LogP contribution in [-0.4, -0.2) is 12.8 Å². The van der Waals surface area contributed by atoms with Gasteiger partial charge >= 0.3 is 0 Å². The molecule has 0 fully saturated rings. The lowest BCUT2D eigenvalue weighted by Crippen LogP contribution is -2.23. The van der Waals surface area contributed by atoms with Crippen LogP contribution < -0.4 is 15.2 Å². The molecule has 0 saturated carbocycles. The van der Waals surface area contributed by atoms with Crippen LogP contribution in [-0.2, 0) is 0 Å². The van der Waals surface area contributed by atoms with E-state index in [4.69, 9.17) is 15.2 Å². The number of hydrogen-bond acceptors (Lipinski definition) is 3. The Hall–Kier alpha value is -2.00. The molecule has 3 atom stereocenters. The van der Waals surface area contributed by atoms with E-state index in [0.717, 1.165) is 17.9 Å². The minimum absolute atomic E-state index is 0.171. The van der Waals surface area contributed by atoms with Crippen molar-refractivity contribution in [1.82, 2.24) is 0 Å². The fourth-order valence-electron chi connectivity index (χ4n) is 3.62. The quantitative estimate of drug-likeness (QED) is 0.917. The Bertz CT molecular complexity index is 681. The number of nitrogens with two attached hydrogens (primary N) is 1. The maximum atomic E-state index is 6.20. The molecule has 21 heavy (non-hydrogen) atoms. The predicted molar refractivity (Wildman–Crippen MR) is 81.9 cm³/mol. The summed E-state index contributed by atoms with van der Waals surface area (Å²) in [5.74, 6) is 2.52. The molecule has 2 aliphatic rings. The highest BCUT2D eigenvalue weighted by Gasteiger charge is 2.34. The summed E-state index contributed by atoms with van der Waals surface area (Å²) in [4.78, 5) is 0. The highest BCUT2D eigenvalue weighted by Crippen LogP contribution is 2.47. The van der Waals surface area contributed by atoms with Crippen molar-refractivity contribution in [3.05, 3.63) is 59.2 Å². The van der Waals surface area contributed by atoms with Crippen LogP contribution in [0.3, 0.4) is 0 Å². The van der Waals surface area contributed by atoms with Crippen molar-refractivity contribution < 1.29 is 9.47 Å². The van der Waals surface area contributed by atoms with E-state index < -0.39 is 0 Å². The molecule has 2 N–H and O–H groups in total. The molecule has 0 radical (unpaired) electrons. The zero-order valence-electron chi connectivity index (χ0n) is 12.1. The summed E-state index contributed by atoms with van der Waals surface area (Å²) in [7, 11) is 0. The molecule has 1 aliphatic carbocycles. The van der Waals surface area contributed by atoms with E-state index in [1.807, 2.05) is 6.07 Å². The van der Waals surface area contributed by atoms with Crippen LogP contribution in [0.5, 0.6) is 11.5 Å². The SMILES string of the molecule is CC(N)C1CC(c2ccc3c(c2)OCO3)c2ccccc21. The van der Waals surface area contributed by atoms with Gasteiger partial charge in [0.25, 0.3) is 0 Å². The molecular formula is C18H19NO2. The van der Waals surface area contributed by atoms with Crippen molar-refractivity contribution in [2.24, 2.45) is 5.73 Å². The first-order valence-corrected chi connectivity index (χ1v) is 7.48. The van der Waals surface area contributed by atoms with Gasteiger partial charge in [-0.25, -0.2) is 0 Å². The third kappa shape index (κ3) is 2.00. The van der Waals surface area contributed by atoms with E-state index in [1.54, 1.807) is 0 Å². The molecule has 0 aromatic heterocycles. The van der Waals surface area contributed by atoms with E-state index in [2.05, 4.69) is 43.3 Å². The lowest BCUT2D eigenvalue weighted by Gasteiger charge is -2.16. The highest BCUT2D eigenvalue weighted by atomic mass is 16.7. The van der Waals surface area contributed by atoms with Crippen LogP contribution in [0.4, 0.5) is 0 Å². The van der Waals surface area contributed by atoms with Gasteiger partial charge in [-0.15, -0.1) is 0 Å². The fraction of sp³-hybridized carbons (Fsp3) is 0.333. The second-order valence-electron chi connectivity index (χ2n) is 6.00. The van der Waals surface area contributed by atoms with Crippen molar-refractivity contribution in [3.63, 3.8) is 0 Å². The number of rotatable bonds is 2. The Labute approximate surface area is 124 Å². The number of hydrogen-bond donors (Lipinski definition) is 1. The van der Waals surface area contributed by atoms with Crippen molar-refractivity contribution in [2.75, 3.05) is 6.79 Å². The van der Waals surface area contributed by atoms with Crippen molar-refractivity contribution in [2.45, 2.75) is 31.2 Å². The molecule has 0 amide bonds. The molecule has 2 aromatic carbocycles. The Morgan fingerprint density at radius 2 is 1.81 bits per heavy atom. The van der Waals surface area contributed by atoms with Crippen molar-refractivity contribution in [3.8, 4) is 11.5 Å². The largest absolute Gasteiger partial charge is 0.454 e. The van der Waals surface area contributed by atoms with Crippen LogP contribution in [0.2, 0.25) is 0 Å². The molecule has 3 unspecified atom stereocenters. The van der Waals surface area contributed by atoms with Gasteiger partial charge in [0, 0.05) is 12.0 Å². The summed E-state index contributed by atoms with van der Waals surface area (Å²) in [5, 5.41) is 0. The molecule has 1 heterocycles. The second kappa shape index (κ2) is 4.78. The molecule has 4 rings (SSSR count). The second-order valence-corrected chi connectivity index (χ2v) is 6.00. The van der Waals surface area contributed by atoms with Gasteiger partial charge in [-0.3, -0.25) is 0 Å². The number of ether oxygens (including phenoxy) is 2. The number of benzene rings is 2. The Kier molecular flexibility index (Phi) is 2.89. The molecule has 1 aliphatic heterocycles. The van der Waals surface area contributed by atoms with Gasteiger partial charge in [-0.05, 0) is 48.1 Å². The van der Waals surface area contributed by atoms with Gasteiger partial charge in [0.2, 0.25) is 6.79 Å². The van der Waals surface area contributed by atoms with E-state index in [9.17, 15) is 0 Å². The minimum Gasteiger partial charge on any atom is -0.454 e. The maximum absolute atomic E-state index is 6.20. The first-order chi connectivity index (χ1) is 10.2. The average Bonchev–Trinajstić information content (AvgIpc) is 3.10. The number of fused-ring (bicyclic) bond motifs is 2. The van der Waals surface area contributed by atoms with Gasteiger partial charge in [0.1, 0.15) is 0 Å². The van der Waals surface area contributed by atoms with Crippen molar-refractivity contribution in [1.29, 1.82) is 0 Å². The maximum Gasteiger partial charge on any atom is 0.231 e. The molecule has 3 heteroatoms. The van der Waals surface area contributed by atoms with Gasteiger partial charge in [-0.1, -0.05) is 30.3 Å². The summed E-state index contributed by atoms with van der Waals surface area (Å²) in [5.41, 5.74) is 10.3. The van der Waals surface area contributed by atoms with Crippen LogP contribution >= 0.6 is 0 Å².